The lowest BCUT2D eigenvalue weighted by Gasteiger charge is -2.27. The first kappa shape index (κ1) is 11.0. The number of carbonyl (C=O) groups excluding carboxylic acids is 1. The van der Waals surface area contributed by atoms with Gasteiger partial charge in [-0.2, -0.15) is 10.2 Å². The summed E-state index contributed by atoms with van der Waals surface area (Å²) in [5, 5.41) is 7.36. The van der Waals surface area contributed by atoms with E-state index < -0.39 is 0 Å². The molecule has 1 aliphatic carbocycles. The number of amides is 1. The maximum atomic E-state index is 12.1. The maximum Gasteiger partial charge on any atom is 0.255 e. The monoisotopic (exact) mass is 220 g/mol. The van der Waals surface area contributed by atoms with Gasteiger partial charge in [0.05, 0.1) is 18.0 Å². The van der Waals surface area contributed by atoms with E-state index in [1.165, 1.54) is 25.2 Å². The van der Waals surface area contributed by atoms with Crippen LogP contribution in [0.5, 0.6) is 0 Å². The van der Waals surface area contributed by atoms with Gasteiger partial charge in [0.1, 0.15) is 0 Å². The predicted molar refractivity (Wildman–Crippen MR) is 59.7 cm³/mol. The zero-order chi connectivity index (χ0) is 11.5. The Morgan fingerprint density at radius 1 is 1.62 bits per heavy atom. The summed E-state index contributed by atoms with van der Waals surface area (Å²) < 4.78 is 0. The van der Waals surface area contributed by atoms with E-state index in [9.17, 15) is 4.79 Å². The second kappa shape index (κ2) is 4.57. The summed E-state index contributed by atoms with van der Waals surface area (Å²) in [6.45, 7) is 0.519. The van der Waals surface area contributed by atoms with Crippen LogP contribution >= 0.6 is 0 Å². The molecule has 0 aliphatic heterocycles. The molecule has 5 nitrogen and oxygen atoms in total. The summed E-state index contributed by atoms with van der Waals surface area (Å²) in [6.07, 6.45) is 5.36. The lowest BCUT2D eigenvalue weighted by Crippen LogP contribution is -2.43. The number of aromatic nitrogens is 2. The Labute approximate surface area is 94.6 Å². The van der Waals surface area contributed by atoms with Gasteiger partial charge in [-0.05, 0) is 24.8 Å². The summed E-state index contributed by atoms with van der Waals surface area (Å²) in [7, 11) is 1.80. The third-order valence-electron chi connectivity index (χ3n) is 3.06. The van der Waals surface area contributed by atoms with Crippen LogP contribution in [0.2, 0.25) is 0 Å². The van der Waals surface area contributed by atoms with Crippen LogP contribution in [0.3, 0.4) is 0 Å². The van der Waals surface area contributed by atoms with E-state index in [0.717, 1.165) is 0 Å². The van der Waals surface area contributed by atoms with Gasteiger partial charge in [0.25, 0.3) is 5.91 Å². The van der Waals surface area contributed by atoms with Crippen molar-refractivity contribution in [1.82, 2.24) is 15.1 Å². The Morgan fingerprint density at radius 3 is 2.88 bits per heavy atom. The molecular formula is C11H16N4O. The molecule has 5 heteroatoms. The van der Waals surface area contributed by atoms with Gasteiger partial charge >= 0.3 is 0 Å². The van der Waals surface area contributed by atoms with E-state index in [-0.39, 0.29) is 11.9 Å². The van der Waals surface area contributed by atoms with E-state index in [1.807, 2.05) is 0 Å². The van der Waals surface area contributed by atoms with Crippen LogP contribution in [0.4, 0.5) is 0 Å². The fraction of sp³-hybridized carbons (Fsp3) is 0.545. The zero-order valence-corrected chi connectivity index (χ0v) is 9.34. The molecule has 86 valence electrons. The first-order valence-corrected chi connectivity index (χ1v) is 5.48. The highest BCUT2D eigenvalue weighted by Crippen LogP contribution is 2.34. The maximum absolute atomic E-state index is 12.1. The summed E-state index contributed by atoms with van der Waals surface area (Å²) in [6, 6.07) is 1.83. The van der Waals surface area contributed by atoms with Crippen LogP contribution < -0.4 is 5.73 Å². The second-order valence-corrected chi connectivity index (χ2v) is 4.19. The normalized spacial score (nSPS) is 16.9. The van der Waals surface area contributed by atoms with Gasteiger partial charge in [0.15, 0.2) is 0 Å². The van der Waals surface area contributed by atoms with Crippen molar-refractivity contribution in [3.8, 4) is 0 Å². The molecule has 0 bridgehead atoms. The standard InChI is InChI=1S/C11H16N4O/c1-15(10(6-12)8-2-3-8)11(16)9-4-5-13-14-7-9/h4-5,7-8,10H,2-3,6,12H2,1H3. The van der Waals surface area contributed by atoms with E-state index in [1.54, 1.807) is 18.0 Å². The molecule has 1 fully saturated rings. The average molecular weight is 220 g/mol. The van der Waals surface area contributed by atoms with Crippen LogP contribution in [0.15, 0.2) is 18.5 Å². The minimum atomic E-state index is -0.0303. The molecule has 0 aromatic carbocycles. The Kier molecular flexibility index (Phi) is 3.14. The first-order chi connectivity index (χ1) is 7.74. The molecule has 1 aliphatic rings. The Hall–Kier alpha value is -1.49. The zero-order valence-electron chi connectivity index (χ0n) is 9.34. The van der Waals surface area contributed by atoms with Gasteiger partial charge < -0.3 is 10.6 Å². The molecule has 1 heterocycles. The van der Waals surface area contributed by atoms with Crippen molar-refractivity contribution in [3.05, 3.63) is 24.0 Å². The number of rotatable bonds is 4. The lowest BCUT2D eigenvalue weighted by molar-refractivity contribution is 0.0718. The van der Waals surface area contributed by atoms with E-state index in [2.05, 4.69) is 10.2 Å². The highest BCUT2D eigenvalue weighted by Gasteiger charge is 2.34. The van der Waals surface area contributed by atoms with Crippen LogP contribution in [-0.2, 0) is 0 Å². The molecule has 1 aromatic rings. The van der Waals surface area contributed by atoms with Crippen LogP contribution in [0.25, 0.3) is 0 Å². The van der Waals surface area contributed by atoms with Gasteiger partial charge in [0.2, 0.25) is 0 Å². The number of hydrogen-bond acceptors (Lipinski definition) is 4. The first-order valence-electron chi connectivity index (χ1n) is 5.48. The summed E-state index contributed by atoms with van der Waals surface area (Å²) in [5.74, 6) is 0.547. The van der Waals surface area contributed by atoms with Gasteiger partial charge in [-0.15, -0.1) is 0 Å². The smallest absolute Gasteiger partial charge is 0.255 e. The molecule has 0 radical (unpaired) electrons. The largest absolute Gasteiger partial charge is 0.337 e. The number of likely N-dealkylation sites (N-methyl/N-ethyl adjacent to an activating group) is 1. The van der Waals surface area contributed by atoms with Crippen molar-refractivity contribution in [2.75, 3.05) is 13.6 Å². The molecule has 2 N–H and O–H groups in total. The van der Waals surface area contributed by atoms with Crippen LogP contribution in [0, 0.1) is 5.92 Å². The Morgan fingerprint density at radius 2 is 2.38 bits per heavy atom. The summed E-state index contributed by atoms with van der Waals surface area (Å²) in [4.78, 5) is 13.8. The van der Waals surface area contributed by atoms with Crippen molar-refractivity contribution >= 4 is 5.91 Å². The number of carbonyl (C=O) groups is 1. The third kappa shape index (κ3) is 2.19. The molecule has 1 amide bonds. The minimum Gasteiger partial charge on any atom is -0.337 e. The van der Waals surface area contributed by atoms with Crippen molar-refractivity contribution in [2.24, 2.45) is 11.7 Å². The summed E-state index contributed by atoms with van der Waals surface area (Å²) >= 11 is 0. The number of hydrogen-bond donors (Lipinski definition) is 1. The van der Waals surface area contributed by atoms with Crippen LogP contribution in [-0.4, -0.2) is 40.6 Å². The highest BCUT2D eigenvalue weighted by atomic mass is 16.2. The highest BCUT2D eigenvalue weighted by molar-refractivity contribution is 5.93. The predicted octanol–water partition coefficient (Wildman–Crippen LogP) is 0.286. The fourth-order valence-electron chi connectivity index (χ4n) is 1.92. The Balaban J connectivity index is 2.09. The Bertz CT molecular complexity index is 364. The van der Waals surface area contributed by atoms with Crippen molar-refractivity contribution in [1.29, 1.82) is 0 Å². The molecule has 1 saturated carbocycles. The fourth-order valence-corrected chi connectivity index (χ4v) is 1.92. The van der Waals surface area contributed by atoms with Gasteiger partial charge in [-0.3, -0.25) is 4.79 Å². The SMILES string of the molecule is CN(C(=O)c1ccnnc1)C(CN)C1CC1. The molecule has 16 heavy (non-hydrogen) atoms. The third-order valence-corrected chi connectivity index (χ3v) is 3.06. The van der Waals surface area contributed by atoms with Gasteiger partial charge in [-0.1, -0.05) is 0 Å². The topological polar surface area (TPSA) is 72.1 Å². The van der Waals surface area contributed by atoms with Crippen LogP contribution in [0.1, 0.15) is 23.2 Å². The molecule has 1 aromatic heterocycles. The van der Waals surface area contributed by atoms with E-state index in [0.29, 0.717) is 18.0 Å². The number of nitrogens with two attached hydrogens (primary N) is 1. The van der Waals surface area contributed by atoms with E-state index >= 15 is 0 Å². The summed E-state index contributed by atoms with van der Waals surface area (Å²) in [5.41, 5.74) is 6.27. The van der Waals surface area contributed by atoms with Crippen molar-refractivity contribution in [2.45, 2.75) is 18.9 Å². The van der Waals surface area contributed by atoms with Gasteiger partial charge in [-0.25, -0.2) is 0 Å². The molecule has 0 spiro atoms. The quantitative estimate of drug-likeness (QED) is 0.791. The molecular weight excluding hydrogens is 204 g/mol. The van der Waals surface area contributed by atoms with Crippen molar-refractivity contribution < 1.29 is 4.79 Å². The molecule has 1 atom stereocenters. The molecule has 0 saturated heterocycles. The minimum absolute atomic E-state index is 0.0303. The lowest BCUT2D eigenvalue weighted by atomic mass is 10.1. The van der Waals surface area contributed by atoms with E-state index in [4.69, 9.17) is 5.73 Å². The van der Waals surface area contributed by atoms with Crippen molar-refractivity contribution in [3.63, 3.8) is 0 Å². The molecule has 2 rings (SSSR count). The number of nitrogens with zero attached hydrogens (tertiary/aromatic N) is 3. The second-order valence-electron chi connectivity index (χ2n) is 4.19. The average Bonchev–Trinajstić information content (AvgIpc) is 3.14. The van der Waals surface area contributed by atoms with Gasteiger partial charge in [0, 0.05) is 19.6 Å². The molecule has 1 unspecified atom stereocenters.